The summed E-state index contributed by atoms with van der Waals surface area (Å²) >= 11 is 12.6. The van der Waals surface area contributed by atoms with Crippen molar-refractivity contribution in [2.24, 2.45) is 0 Å². The number of fused-ring (bicyclic) bond motifs is 6. The molecule has 3 aromatic heterocycles. The molecule has 0 spiro atoms. The fourth-order valence-corrected chi connectivity index (χ4v) is 3.97. The standard InChI is InChI=1S/C19H12Cl2N8/c20-11-5-6-15-12(7-11)19-23-17(9-29-24-13-3-1-2-4-14(13)25-29)26-28(19)8-16-18(21)22-10-27(15)16/h1-7,10H,8-9H2. The Bertz CT molecular complexity index is 1360. The first-order valence-electron chi connectivity index (χ1n) is 8.91. The summed E-state index contributed by atoms with van der Waals surface area (Å²) in [4.78, 5) is 10.6. The number of hydrogen-bond donors (Lipinski definition) is 0. The molecule has 6 rings (SSSR count). The minimum Gasteiger partial charge on any atom is -0.299 e. The summed E-state index contributed by atoms with van der Waals surface area (Å²) in [6.07, 6.45) is 1.71. The predicted octanol–water partition coefficient (Wildman–Crippen LogP) is 3.59. The Morgan fingerprint density at radius 2 is 1.76 bits per heavy atom. The molecule has 0 radical (unpaired) electrons. The lowest BCUT2D eigenvalue weighted by molar-refractivity contribution is 0.568. The SMILES string of the molecule is Clc1ccc2c(c1)-c1nc(Cn3nc4ccccc4n3)nn1Cc1c(Cl)ncn1-2. The third-order valence-corrected chi connectivity index (χ3v) is 5.45. The van der Waals surface area contributed by atoms with Crippen molar-refractivity contribution >= 4 is 34.2 Å². The third kappa shape index (κ3) is 2.64. The van der Waals surface area contributed by atoms with Gasteiger partial charge in [-0.1, -0.05) is 35.3 Å². The molecule has 0 atom stereocenters. The van der Waals surface area contributed by atoms with Gasteiger partial charge in [0, 0.05) is 10.6 Å². The smallest absolute Gasteiger partial charge is 0.174 e. The van der Waals surface area contributed by atoms with Gasteiger partial charge < -0.3 is 0 Å². The van der Waals surface area contributed by atoms with Crippen LogP contribution in [0.2, 0.25) is 10.2 Å². The van der Waals surface area contributed by atoms with Crippen LogP contribution in [0.4, 0.5) is 0 Å². The van der Waals surface area contributed by atoms with Crippen LogP contribution in [0, 0.1) is 0 Å². The Balaban J connectivity index is 1.48. The number of benzene rings is 2. The van der Waals surface area contributed by atoms with Crippen molar-refractivity contribution in [2.45, 2.75) is 13.1 Å². The third-order valence-electron chi connectivity index (χ3n) is 4.90. The minimum atomic E-state index is 0.359. The van der Waals surface area contributed by atoms with Gasteiger partial charge in [0.1, 0.15) is 23.9 Å². The highest BCUT2D eigenvalue weighted by molar-refractivity contribution is 6.31. The topological polar surface area (TPSA) is 79.2 Å². The molecule has 0 amide bonds. The first-order valence-corrected chi connectivity index (χ1v) is 9.67. The first kappa shape index (κ1) is 16.7. The molecule has 0 bridgehead atoms. The molecule has 29 heavy (non-hydrogen) atoms. The van der Waals surface area contributed by atoms with Crippen LogP contribution in [0.3, 0.4) is 0 Å². The maximum atomic E-state index is 6.33. The van der Waals surface area contributed by atoms with E-state index in [-0.39, 0.29) is 0 Å². The van der Waals surface area contributed by atoms with Crippen molar-refractivity contribution in [3.63, 3.8) is 0 Å². The minimum absolute atomic E-state index is 0.359. The zero-order chi connectivity index (χ0) is 19.5. The van der Waals surface area contributed by atoms with E-state index in [1.807, 2.05) is 51.7 Å². The monoisotopic (exact) mass is 422 g/mol. The zero-order valence-corrected chi connectivity index (χ0v) is 16.4. The molecule has 10 heteroatoms. The second kappa shape index (κ2) is 6.13. The molecule has 2 aromatic carbocycles. The molecule has 1 aliphatic rings. The molecule has 0 saturated carbocycles. The van der Waals surface area contributed by atoms with Gasteiger partial charge in [-0.15, -0.1) is 0 Å². The van der Waals surface area contributed by atoms with Gasteiger partial charge in [-0.3, -0.25) is 4.57 Å². The summed E-state index contributed by atoms with van der Waals surface area (Å²) in [5.74, 6) is 1.32. The molecule has 0 fully saturated rings. The molecule has 5 aromatic rings. The van der Waals surface area contributed by atoms with E-state index in [0.717, 1.165) is 28.0 Å². The Morgan fingerprint density at radius 3 is 2.55 bits per heavy atom. The Labute approximate surface area is 174 Å². The van der Waals surface area contributed by atoms with E-state index in [1.165, 1.54) is 0 Å². The number of imidazole rings is 1. The summed E-state index contributed by atoms with van der Waals surface area (Å²) in [5.41, 5.74) is 4.28. The van der Waals surface area contributed by atoms with Crippen LogP contribution in [0.25, 0.3) is 28.1 Å². The van der Waals surface area contributed by atoms with Crippen LogP contribution in [0.1, 0.15) is 11.5 Å². The van der Waals surface area contributed by atoms with Crippen molar-refractivity contribution < 1.29 is 0 Å². The van der Waals surface area contributed by atoms with Crippen molar-refractivity contribution in [3.8, 4) is 17.1 Å². The Hall–Kier alpha value is -3.23. The fourth-order valence-electron chi connectivity index (χ4n) is 3.61. The summed E-state index contributed by atoms with van der Waals surface area (Å²) in [7, 11) is 0. The van der Waals surface area contributed by atoms with Gasteiger partial charge in [-0.05, 0) is 30.3 Å². The summed E-state index contributed by atoms with van der Waals surface area (Å²) in [6.45, 7) is 0.805. The second-order valence-electron chi connectivity index (χ2n) is 6.74. The van der Waals surface area contributed by atoms with Gasteiger partial charge in [0.05, 0.1) is 17.9 Å². The quantitative estimate of drug-likeness (QED) is 0.425. The van der Waals surface area contributed by atoms with Crippen molar-refractivity contribution in [2.75, 3.05) is 0 Å². The molecule has 0 unspecified atom stereocenters. The van der Waals surface area contributed by atoms with Crippen LogP contribution >= 0.6 is 23.2 Å². The van der Waals surface area contributed by atoms with E-state index in [9.17, 15) is 0 Å². The van der Waals surface area contributed by atoms with Gasteiger partial charge >= 0.3 is 0 Å². The average Bonchev–Trinajstić information content (AvgIpc) is 3.38. The molecule has 1 aliphatic heterocycles. The lowest BCUT2D eigenvalue weighted by atomic mass is 10.1. The molecule has 0 saturated heterocycles. The molecular weight excluding hydrogens is 411 g/mol. The Morgan fingerprint density at radius 1 is 0.966 bits per heavy atom. The van der Waals surface area contributed by atoms with Gasteiger partial charge in [0.2, 0.25) is 0 Å². The average molecular weight is 423 g/mol. The largest absolute Gasteiger partial charge is 0.299 e. The van der Waals surface area contributed by atoms with Gasteiger partial charge in [0.15, 0.2) is 16.8 Å². The van der Waals surface area contributed by atoms with E-state index < -0.39 is 0 Å². The molecule has 8 nitrogen and oxygen atoms in total. The maximum Gasteiger partial charge on any atom is 0.174 e. The highest BCUT2D eigenvalue weighted by atomic mass is 35.5. The van der Waals surface area contributed by atoms with E-state index >= 15 is 0 Å². The van der Waals surface area contributed by atoms with Gasteiger partial charge in [-0.25, -0.2) is 14.6 Å². The fraction of sp³-hybridized carbons (Fsp3) is 0.105. The van der Waals surface area contributed by atoms with Gasteiger partial charge in [-0.2, -0.15) is 20.1 Å². The zero-order valence-electron chi connectivity index (χ0n) is 14.9. The molecule has 0 N–H and O–H groups in total. The molecule has 4 heterocycles. The van der Waals surface area contributed by atoms with Crippen LogP contribution in [0.15, 0.2) is 48.8 Å². The number of halogens is 2. The predicted molar refractivity (Wildman–Crippen MR) is 108 cm³/mol. The number of rotatable bonds is 2. The normalized spacial score (nSPS) is 12.5. The van der Waals surface area contributed by atoms with E-state index in [1.54, 1.807) is 11.1 Å². The number of nitrogens with zero attached hydrogens (tertiary/aromatic N) is 8. The van der Waals surface area contributed by atoms with Crippen molar-refractivity contribution in [1.82, 2.24) is 39.3 Å². The lowest BCUT2D eigenvalue weighted by Crippen LogP contribution is -2.08. The van der Waals surface area contributed by atoms with Gasteiger partial charge in [0.25, 0.3) is 0 Å². The molecule has 142 valence electrons. The van der Waals surface area contributed by atoms with Crippen molar-refractivity contribution in [1.29, 1.82) is 0 Å². The first-order chi connectivity index (χ1) is 14.2. The van der Waals surface area contributed by atoms with E-state index in [2.05, 4.69) is 20.3 Å². The second-order valence-corrected chi connectivity index (χ2v) is 7.54. The van der Waals surface area contributed by atoms with Crippen molar-refractivity contribution in [3.05, 3.63) is 70.5 Å². The Kier molecular flexibility index (Phi) is 3.53. The number of aromatic nitrogens is 8. The van der Waals surface area contributed by atoms with E-state index in [4.69, 9.17) is 28.2 Å². The van der Waals surface area contributed by atoms with Crippen LogP contribution in [-0.4, -0.2) is 39.3 Å². The van der Waals surface area contributed by atoms with E-state index in [0.29, 0.717) is 34.9 Å². The highest BCUT2D eigenvalue weighted by Gasteiger charge is 2.25. The number of hydrogen-bond acceptors (Lipinski definition) is 5. The molecule has 0 aliphatic carbocycles. The van der Waals surface area contributed by atoms with Crippen LogP contribution < -0.4 is 0 Å². The van der Waals surface area contributed by atoms with Crippen LogP contribution in [-0.2, 0) is 13.1 Å². The lowest BCUT2D eigenvalue weighted by Gasteiger charge is -2.08. The summed E-state index contributed by atoms with van der Waals surface area (Å²) in [6, 6.07) is 13.4. The maximum absolute atomic E-state index is 6.33. The molecular formula is C19H12Cl2N8. The highest BCUT2D eigenvalue weighted by Crippen LogP contribution is 2.34. The summed E-state index contributed by atoms with van der Waals surface area (Å²) < 4.78 is 3.77. The summed E-state index contributed by atoms with van der Waals surface area (Å²) in [5, 5.41) is 14.7. The van der Waals surface area contributed by atoms with Crippen LogP contribution in [0.5, 0.6) is 0 Å².